The van der Waals surface area contributed by atoms with Gasteiger partial charge >= 0.3 is 0 Å². The van der Waals surface area contributed by atoms with Crippen LogP contribution in [0.25, 0.3) is 0 Å². The maximum atomic E-state index is 3.04. The van der Waals surface area contributed by atoms with Crippen molar-refractivity contribution in [3.05, 3.63) is 6.54 Å². The summed E-state index contributed by atoms with van der Waals surface area (Å²) in [7, 11) is 1.97. The minimum Gasteiger partial charge on any atom is -0.315 e. The van der Waals surface area contributed by atoms with Gasteiger partial charge < -0.3 is 5.32 Å². The van der Waals surface area contributed by atoms with E-state index in [2.05, 4.69) is 11.9 Å². The Kier molecular flexibility index (Phi) is 1.69. The summed E-state index contributed by atoms with van der Waals surface area (Å²) in [6.45, 7) is 2.18. The molecule has 0 bridgehead atoms. The van der Waals surface area contributed by atoms with E-state index in [4.69, 9.17) is 0 Å². The quantitative estimate of drug-likeness (QED) is 0.546. The van der Waals surface area contributed by atoms with E-state index in [-0.39, 0.29) is 0 Å². The zero-order valence-corrected chi connectivity index (χ0v) is 4.78. The molecule has 1 fully saturated rings. The Labute approximate surface area is 45.1 Å². The zero-order valence-electron chi connectivity index (χ0n) is 4.78. The van der Waals surface area contributed by atoms with E-state index in [0.29, 0.717) is 0 Å². The highest BCUT2D eigenvalue weighted by molar-refractivity contribution is 4.79. The van der Waals surface area contributed by atoms with Gasteiger partial charge in [-0.05, 0) is 25.8 Å². The first-order chi connectivity index (χ1) is 3.43. The van der Waals surface area contributed by atoms with Crippen LogP contribution < -0.4 is 5.32 Å². The maximum absolute atomic E-state index is 3.04. The second kappa shape index (κ2) is 2.31. The van der Waals surface area contributed by atoms with Crippen LogP contribution in [0.15, 0.2) is 0 Å². The Morgan fingerprint density at radius 1 is 1.57 bits per heavy atom. The molecule has 1 saturated carbocycles. The molecule has 1 heteroatoms. The van der Waals surface area contributed by atoms with Gasteiger partial charge in [0.15, 0.2) is 0 Å². The highest BCUT2D eigenvalue weighted by Crippen LogP contribution is 2.26. The molecule has 0 atom stereocenters. The molecule has 1 N–H and O–H groups in total. The van der Waals surface area contributed by atoms with Gasteiger partial charge in [-0.25, -0.2) is 0 Å². The van der Waals surface area contributed by atoms with Crippen molar-refractivity contribution in [2.45, 2.75) is 19.3 Å². The molecule has 0 unspecified atom stereocenters. The number of hydrogen-bond donors (Lipinski definition) is 1. The van der Waals surface area contributed by atoms with Crippen LogP contribution in [0.4, 0.5) is 0 Å². The summed E-state index contributed by atoms with van der Waals surface area (Å²) in [4.78, 5) is 0. The molecule has 7 heavy (non-hydrogen) atoms. The normalized spacial score (nSPS) is 21.9. The number of hydrogen-bond acceptors (Lipinski definition) is 1. The van der Waals surface area contributed by atoms with Gasteiger partial charge in [0.05, 0.1) is 0 Å². The zero-order chi connectivity index (χ0) is 5.11. The Balaban J connectivity index is 1.93. The standard InChI is InChI=1S/C6H12N/c1-7-5-6-3-2-4-6/h5-7H,2-4H2,1H3. The van der Waals surface area contributed by atoms with Crippen molar-refractivity contribution in [2.24, 2.45) is 5.92 Å². The van der Waals surface area contributed by atoms with E-state index in [1.165, 1.54) is 19.3 Å². The van der Waals surface area contributed by atoms with Crippen LogP contribution >= 0.6 is 0 Å². The highest BCUT2D eigenvalue weighted by Gasteiger charge is 2.15. The molecule has 0 spiro atoms. The smallest absolute Gasteiger partial charge is 0.0248 e. The topological polar surface area (TPSA) is 12.0 Å². The molecule has 0 saturated heterocycles. The van der Waals surface area contributed by atoms with Crippen LogP contribution in [0.3, 0.4) is 0 Å². The summed E-state index contributed by atoms with van der Waals surface area (Å²) in [5.41, 5.74) is 0. The SMILES string of the molecule is CN[CH]C1CCC1. The van der Waals surface area contributed by atoms with E-state index in [1.807, 2.05) is 7.05 Å². The lowest BCUT2D eigenvalue weighted by atomic mass is 9.86. The summed E-state index contributed by atoms with van der Waals surface area (Å²) >= 11 is 0. The predicted octanol–water partition coefficient (Wildman–Crippen LogP) is 1.17. The van der Waals surface area contributed by atoms with Gasteiger partial charge in [-0.1, -0.05) is 6.42 Å². The second-order valence-corrected chi connectivity index (χ2v) is 2.15. The maximum Gasteiger partial charge on any atom is 0.0248 e. The van der Waals surface area contributed by atoms with Gasteiger partial charge in [-0.15, -0.1) is 0 Å². The van der Waals surface area contributed by atoms with Crippen LogP contribution in [0.1, 0.15) is 19.3 Å². The molecule has 0 aromatic heterocycles. The number of nitrogens with one attached hydrogen (secondary N) is 1. The Hall–Kier alpha value is -0.0400. The fraction of sp³-hybridized carbons (Fsp3) is 0.833. The van der Waals surface area contributed by atoms with Gasteiger partial charge in [-0.3, -0.25) is 0 Å². The lowest BCUT2D eigenvalue weighted by Crippen LogP contribution is -2.18. The van der Waals surface area contributed by atoms with Crippen molar-refractivity contribution in [1.82, 2.24) is 5.32 Å². The molecule has 1 rings (SSSR count). The van der Waals surface area contributed by atoms with Gasteiger partial charge in [-0.2, -0.15) is 0 Å². The summed E-state index contributed by atoms with van der Waals surface area (Å²) in [5.74, 6) is 0.894. The fourth-order valence-electron chi connectivity index (χ4n) is 0.842. The molecular formula is C6H12N. The molecule has 0 amide bonds. The summed E-state index contributed by atoms with van der Waals surface area (Å²) in [5, 5.41) is 3.04. The molecule has 0 aromatic carbocycles. The third-order valence-electron chi connectivity index (χ3n) is 1.55. The Bertz CT molecular complexity index is 48.1. The molecule has 1 aliphatic carbocycles. The van der Waals surface area contributed by atoms with Crippen molar-refractivity contribution in [2.75, 3.05) is 7.05 Å². The predicted molar refractivity (Wildman–Crippen MR) is 30.7 cm³/mol. The first-order valence-corrected chi connectivity index (χ1v) is 2.94. The molecule has 1 radical (unpaired) electrons. The van der Waals surface area contributed by atoms with Crippen LogP contribution in [0.5, 0.6) is 0 Å². The third-order valence-corrected chi connectivity index (χ3v) is 1.55. The summed E-state index contributed by atoms with van der Waals surface area (Å²) in [6, 6.07) is 0. The minimum absolute atomic E-state index is 0.894. The first kappa shape index (κ1) is 5.10. The van der Waals surface area contributed by atoms with Crippen molar-refractivity contribution in [3.8, 4) is 0 Å². The van der Waals surface area contributed by atoms with Crippen LogP contribution in [0.2, 0.25) is 0 Å². The summed E-state index contributed by atoms with van der Waals surface area (Å²) < 4.78 is 0. The molecule has 0 aliphatic heterocycles. The molecule has 0 aromatic rings. The monoisotopic (exact) mass is 98.1 g/mol. The molecule has 1 nitrogen and oxygen atoms in total. The second-order valence-electron chi connectivity index (χ2n) is 2.15. The minimum atomic E-state index is 0.894. The average molecular weight is 98.2 g/mol. The van der Waals surface area contributed by atoms with Crippen LogP contribution in [-0.2, 0) is 0 Å². The largest absolute Gasteiger partial charge is 0.315 e. The van der Waals surface area contributed by atoms with Crippen molar-refractivity contribution in [1.29, 1.82) is 0 Å². The number of rotatable bonds is 2. The molecule has 0 heterocycles. The molecule has 1 aliphatic rings. The van der Waals surface area contributed by atoms with E-state index in [9.17, 15) is 0 Å². The van der Waals surface area contributed by atoms with Gasteiger partial charge in [0, 0.05) is 6.54 Å². The van der Waals surface area contributed by atoms with Gasteiger partial charge in [0.25, 0.3) is 0 Å². The lowest BCUT2D eigenvalue weighted by Gasteiger charge is -2.23. The average Bonchev–Trinajstić information content (AvgIpc) is 1.55. The van der Waals surface area contributed by atoms with Gasteiger partial charge in [0.2, 0.25) is 0 Å². The van der Waals surface area contributed by atoms with E-state index >= 15 is 0 Å². The van der Waals surface area contributed by atoms with Crippen LogP contribution in [0, 0.1) is 12.5 Å². The van der Waals surface area contributed by atoms with Crippen molar-refractivity contribution >= 4 is 0 Å². The summed E-state index contributed by atoms with van der Waals surface area (Å²) in [6.07, 6.45) is 4.24. The fourth-order valence-corrected chi connectivity index (χ4v) is 0.842. The lowest BCUT2D eigenvalue weighted by molar-refractivity contribution is 0.348. The van der Waals surface area contributed by atoms with Crippen LogP contribution in [-0.4, -0.2) is 7.05 Å². The molecular weight excluding hydrogens is 86.1 g/mol. The van der Waals surface area contributed by atoms with Crippen molar-refractivity contribution < 1.29 is 0 Å². The van der Waals surface area contributed by atoms with Gasteiger partial charge in [0.1, 0.15) is 0 Å². The Morgan fingerprint density at radius 3 is 2.43 bits per heavy atom. The first-order valence-electron chi connectivity index (χ1n) is 2.94. The Morgan fingerprint density at radius 2 is 2.29 bits per heavy atom. The van der Waals surface area contributed by atoms with E-state index < -0.39 is 0 Å². The molecule has 41 valence electrons. The van der Waals surface area contributed by atoms with E-state index in [1.54, 1.807) is 0 Å². The third kappa shape index (κ3) is 1.16. The highest BCUT2D eigenvalue weighted by atomic mass is 14.8. The van der Waals surface area contributed by atoms with Crippen molar-refractivity contribution in [3.63, 3.8) is 0 Å². The van der Waals surface area contributed by atoms with E-state index in [0.717, 1.165) is 5.92 Å².